The molecule has 0 unspecified atom stereocenters. The van der Waals surface area contributed by atoms with E-state index in [0.29, 0.717) is 11.3 Å². The Morgan fingerprint density at radius 3 is 2.04 bits per heavy atom. The lowest BCUT2D eigenvalue weighted by Gasteiger charge is -2.23. The molecule has 0 radical (unpaired) electrons. The molecule has 1 aliphatic rings. The van der Waals surface area contributed by atoms with Gasteiger partial charge in [0, 0.05) is 23.0 Å². The summed E-state index contributed by atoms with van der Waals surface area (Å²) < 4.78 is 0. The van der Waals surface area contributed by atoms with Crippen molar-refractivity contribution in [2.75, 3.05) is 23.7 Å². The molecule has 0 aliphatic carbocycles. The number of amides is 3. The van der Waals surface area contributed by atoms with Crippen LogP contribution in [0, 0.1) is 0 Å². The van der Waals surface area contributed by atoms with Gasteiger partial charge in [0.2, 0.25) is 0 Å². The van der Waals surface area contributed by atoms with Crippen molar-refractivity contribution in [3.05, 3.63) is 60.2 Å². The summed E-state index contributed by atoms with van der Waals surface area (Å²) in [6.45, 7) is 1.87. The molecule has 1 aliphatic heterocycles. The van der Waals surface area contributed by atoms with E-state index in [2.05, 4.69) is 21.3 Å². The van der Waals surface area contributed by atoms with Gasteiger partial charge in [-0.05, 0) is 62.3 Å². The van der Waals surface area contributed by atoms with Crippen molar-refractivity contribution in [3.8, 4) is 0 Å². The van der Waals surface area contributed by atoms with Gasteiger partial charge < -0.3 is 21.3 Å². The largest absolute Gasteiger partial charge is 0.349 e. The fraction of sp³-hybridized carbons (Fsp3) is 0.263. The van der Waals surface area contributed by atoms with Crippen LogP contribution in [0.4, 0.5) is 16.2 Å². The average molecular weight is 375 g/mol. The minimum Gasteiger partial charge on any atom is -0.349 e. The van der Waals surface area contributed by atoms with Crippen LogP contribution in [0.1, 0.15) is 23.2 Å². The number of rotatable bonds is 4. The smallest absolute Gasteiger partial charge is 0.323 e. The number of piperidine rings is 1. The Labute approximate surface area is 159 Å². The summed E-state index contributed by atoms with van der Waals surface area (Å²) in [4.78, 5) is 24.2. The zero-order valence-corrected chi connectivity index (χ0v) is 15.1. The van der Waals surface area contributed by atoms with Crippen LogP contribution in [0.25, 0.3) is 0 Å². The van der Waals surface area contributed by atoms with Crippen LogP contribution in [-0.2, 0) is 0 Å². The van der Waals surface area contributed by atoms with Gasteiger partial charge in [-0.25, -0.2) is 4.79 Å². The molecular weight excluding hydrogens is 352 g/mol. The second kappa shape index (κ2) is 9.79. The predicted molar refractivity (Wildman–Crippen MR) is 106 cm³/mol. The van der Waals surface area contributed by atoms with Crippen molar-refractivity contribution in [1.82, 2.24) is 10.6 Å². The molecule has 0 bridgehead atoms. The van der Waals surface area contributed by atoms with E-state index in [1.165, 1.54) is 0 Å². The van der Waals surface area contributed by atoms with E-state index in [4.69, 9.17) is 0 Å². The second-order valence-corrected chi connectivity index (χ2v) is 6.02. The third-order valence-electron chi connectivity index (χ3n) is 4.11. The first-order chi connectivity index (χ1) is 12.2. The number of hydrogen-bond acceptors (Lipinski definition) is 3. The van der Waals surface area contributed by atoms with Gasteiger partial charge in [0.25, 0.3) is 5.91 Å². The van der Waals surface area contributed by atoms with Gasteiger partial charge in [0.05, 0.1) is 0 Å². The van der Waals surface area contributed by atoms with E-state index in [9.17, 15) is 9.59 Å². The van der Waals surface area contributed by atoms with Crippen LogP contribution in [-0.4, -0.2) is 31.1 Å². The summed E-state index contributed by atoms with van der Waals surface area (Å²) in [6, 6.07) is 16.0. The van der Waals surface area contributed by atoms with E-state index >= 15 is 0 Å². The van der Waals surface area contributed by atoms with Crippen LogP contribution in [0.5, 0.6) is 0 Å². The number of anilines is 2. The summed E-state index contributed by atoms with van der Waals surface area (Å²) in [7, 11) is 0. The molecule has 7 heteroatoms. The number of carbonyl (C=O) groups excluding carboxylic acids is 2. The minimum atomic E-state index is -0.321. The molecule has 1 heterocycles. The first-order valence-corrected chi connectivity index (χ1v) is 8.45. The Bertz CT molecular complexity index is 716. The SMILES string of the molecule is Cl.O=C(Nc1ccccc1)Nc1ccc(C(=O)NC2CCNCC2)cc1. The maximum atomic E-state index is 12.3. The Balaban J connectivity index is 0.00000243. The molecule has 0 aromatic heterocycles. The van der Waals surface area contributed by atoms with Crippen molar-refractivity contribution >= 4 is 35.7 Å². The molecule has 0 saturated carbocycles. The summed E-state index contributed by atoms with van der Waals surface area (Å²) in [6.07, 6.45) is 1.90. The van der Waals surface area contributed by atoms with Crippen molar-refractivity contribution in [3.63, 3.8) is 0 Å². The van der Waals surface area contributed by atoms with Crippen molar-refractivity contribution in [1.29, 1.82) is 0 Å². The first-order valence-electron chi connectivity index (χ1n) is 8.45. The Hall–Kier alpha value is -2.57. The van der Waals surface area contributed by atoms with Gasteiger partial charge in [-0.3, -0.25) is 4.79 Å². The summed E-state index contributed by atoms with van der Waals surface area (Å²) >= 11 is 0. The molecule has 0 spiro atoms. The van der Waals surface area contributed by atoms with Gasteiger partial charge in [-0.1, -0.05) is 18.2 Å². The molecule has 1 saturated heterocycles. The lowest BCUT2D eigenvalue weighted by molar-refractivity contribution is 0.0929. The Morgan fingerprint density at radius 2 is 1.42 bits per heavy atom. The van der Waals surface area contributed by atoms with Crippen LogP contribution in [0.2, 0.25) is 0 Å². The summed E-state index contributed by atoms with van der Waals surface area (Å²) in [5.41, 5.74) is 1.94. The highest BCUT2D eigenvalue weighted by atomic mass is 35.5. The molecule has 4 N–H and O–H groups in total. The molecule has 26 heavy (non-hydrogen) atoms. The number of nitrogens with one attached hydrogen (secondary N) is 4. The van der Waals surface area contributed by atoms with Gasteiger partial charge in [0.15, 0.2) is 0 Å². The van der Waals surface area contributed by atoms with Crippen molar-refractivity contribution in [2.24, 2.45) is 0 Å². The van der Waals surface area contributed by atoms with Crippen molar-refractivity contribution < 1.29 is 9.59 Å². The van der Waals surface area contributed by atoms with E-state index in [0.717, 1.165) is 31.6 Å². The number of para-hydroxylation sites is 1. The van der Waals surface area contributed by atoms with Crippen LogP contribution < -0.4 is 21.3 Å². The number of urea groups is 1. The highest BCUT2D eigenvalue weighted by molar-refractivity contribution is 6.00. The lowest BCUT2D eigenvalue weighted by Crippen LogP contribution is -2.42. The molecule has 1 fully saturated rings. The minimum absolute atomic E-state index is 0. The average Bonchev–Trinajstić information content (AvgIpc) is 2.64. The molecule has 138 valence electrons. The monoisotopic (exact) mass is 374 g/mol. The molecule has 3 amide bonds. The molecule has 0 atom stereocenters. The maximum Gasteiger partial charge on any atom is 0.323 e. The summed E-state index contributed by atoms with van der Waals surface area (Å²) in [5, 5.41) is 11.8. The molecule has 3 rings (SSSR count). The zero-order chi connectivity index (χ0) is 17.5. The Morgan fingerprint density at radius 1 is 0.846 bits per heavy atom. The maximum absolute atomic E-state index is 12.3. The number of hydrogen-bond donors (Lipinski definition) is 4. The van der Waals surface area contributed by atoms with Gasteiger partial charge >= 0.3 is 6.03 Å². The van der Waals surface area contributed by atoms with Gasteiger partial charge in [0.1, 0.15) is 0 Å². The summed E-state index contributed by atoms with van der Waals surface area (Å²) in [5.74, 6) is -0.0767. The highest BCUT2D eigenvalue weighted by Crippen LogP contribution is 2.12. The van der Waals surface area contributed by atoms with Gasteiger partial charge in [-0.2, -0.15) is 0 Å². The van der Waals surface area contributed by atoms with Crippen molar-refractivity contribution in [2.45, 2.75) is 18.9 Å². The Kier molecular flexibility index (Phi) is 7.44. The third-order valence-corrected chi connectivity index (χ3v) is 4.11. The first kappa shape index (κ1) is 19.8. The van der Waals surface area contributed by atoms with E-state index < -0.39 is 0 Å². The molecule has 2 aromatic carbocycles. The highest BCUT2D eigenvalue weighted by Gasteiger charge is 2.16. The van der Waals surface area contributed by atoms with E-state index in [1.54, 1.807) is 24.3 Å². The quantitative estimate of drug-likeness (QED) is 0.663. The third kappa shape index (κ3) is 5.75. The normalized spacial score (nSPS) is 14.0. The zero-order valence-electron chi connectivity index (χ0n) is 14.3. The number of halogens is 1. The fourth-order valence-electron chi connectivity index (χ4n) is 2.75. The topological polar surface area (TPSA) is 82.3 Å². The van der Waals surface area contributed by atoms with Crippen LogP contribution in [0.3, 0.4) is 0 Å². The molecular formula is C19H23ClN4O2. The fourth-order valence-corrected chi connectivity index (χ4v) is 2.75. The van der Waals surface area contributed by atoms with Gasteiger partial charge in [-0.15, -0.1) is 12.4 Å². The number of carbonyl (C=O) groups is 2. The number of benzene rings is 2. The van der Waals surface area contributed by atoms with Crippen LogP contribution >= 0.6 is 12.4 Å². The van der Waals surface area contributed by atoms with E-state index in [-0.39, 0.29) is 30.4 Å². The lowest BCUT2D eigenvalue weighted by atomic mass is 10.1. The van der Waals surface area contributed by atoms with E-state index in [1.807, 2.05) is 30.3 Å². The molecule has 2 aromatic rings. The standard InChI is InChI=1S/C19H22N4O2.ClH/c24-18(21-17-10-12-20-13-11-17)14-6-8-16(9-7-14)23-19(25)22-15-4-2-1-3-5-15;/h1-9,17,20H,10-13H2,(H,21,24)(H2,22,23,25);1H. The predicted octanol–water partition coefficient (Wildman–Crippen LogP) is 3.23. The van der Waals surface area contributed by atoms with Crippen LogP contribution in [0.15, 0.2) is 54.6 Å². The molecule has 6 nitrogen and oxygen atoms in total. The second-order valence-electron chi connectivity index (χ2n) is 6.02.